The van der Waals surface area contributed by atoms with E-state index in [0.29, 0.717) is 13.0 Å². The SMILES string of the molecule is NCCC(O)c1ccccc1-n1cccn1. The fraction of sp³-hybridized carbons (Fsp3) is 0.250. The van der Waals surface area contributed by atoms with Crippen LogP contribution in [0, 0.1) is 0 Å². The van der Waals surface area contributed by atoms with Crippen LogP contribution in [0.4, 0.5) is 0 Å². The molecule has 1 unspecified atom stereocenters. The van der Waals surface area contributed by atoms with Crippen molar-refractivity contribution in [2.24, 2.45) is 5.73 Å². The van der Waals surface area contributed by atoms with Crippen LogP contribution in [-0.2, 0) is 0 Å². The molecular weight excluding hydrogens is 202 g/mol. The van der Waals surface area contributed by atoms with Crippen LogP contribution in [0.15, 0.2) is 42.7 Å². The van der Waals surface area contributed by atoms with Crippen LogP contribution in [-0.4, -0.2) is 21.4 Å². The molecule has 1 heterocycles. The maximum Gasteiger partial charge on any atom is 0.0823 e. The van der Waals surface area contributed by atoms with E-state index < -0.39 is 6.10 Å². The minimum absolute atomic E-state index is 0.467. The smallest absolute Gasteiger partial charge is 0.0823 e. The third-order valence-electron chi connectivity index (χ3n) is 2.49. The summed E-state index contributed by atoms with van der Waals surface area (Å²) in [6, 6.07) is 9.52. The topological polar surface area (TPSA) is 64.1 Å². The van der Waals surface area contributed by atoms with Gasteiger partial charge < -0.3 is 10.8 Å². The molecule has 3 N–H and O–H groups in total. The van der Waals surface area contributed by atoms with Gasteiger partial charge in [0.05, 0.1) is 11.8 Å². The summed E-state index contributed by atoms with van der Waals surface area (Å²) in [6.45, 7) is 0.467. The molecule has 1 atom stereocenters. The Morgan fingerprint density at radius 1 is 1.31 bits per heavy atom. The highest BCUT2D eigenvalue weighted by molar-refractivity contribution is 5.41. The fourth-order valence-corrected chi connectivity index (χ4v) is 1.70. The van der Waals surface area contributed by atoms with Crippen LogP contribution in [0.25, 0.3) is 5.69 Å². The lowest BCUT2D eigenvalue weighted by Gasteiger charge is -2.14. The first-order valence-corrected chi connectivity index (χ1v) is 5.30. The van der Waals surface area contributed by atoms with E-state index in [1.165, 1.54) is 0 Å². The van der Waals surface area contributed by atoms with Crippen LogP contribution >= 0.6 is 0 Å². The van der Waals surface area contributed by atoms with Crippen molar-refractivity contribution in [2.45, 2.75) is 12.5 Å². The third-order valence-corrected chi connectivity index (χ3v) is 2.49. The number of benzene rings is 1. The zero-order valence-electron chi connectivity index (χ0n) is 8.95. The van der Waals surface area contributed by atoms with Crippen LogP contribution in [0.5, 0.6) is 0 Å². The molecular formula is C12H15N3O. The summed E-state index contributed by atoms with van der Waals surface area (Å²) >= 11 is 0. The highest BCUT2D eigenvalue weighted by atomic mass is 16.3. The summed E-state index contributed by atoms with van der Waals surface area (Å²) < 4.78 is 1.75. The van der Waals surface area contributed by atoms with Crippen molar-refractivity contribution >= 4 is 0 Å². The Balaban J connectivity index is 2.38. The van der Waals surface area contributed by atoms with Gasteiger partial charge >= 0.3 is 0 Å². The van der Waals surface area contributed by atoms with Gasteiger partial charge in [0.1, 0.15) is 0 Å². The number of hydrogen-bond acceptors (Lipinski definition) is 3. The maximum atomic E-state index is 9.98. The number of hydrogen-bond donors (Lipinski definition) is 2. The van der Waals surface area contributed by atoms with E-state index in [2.05, 4.69) is 5.10 Å². The maximum absolute atomic E-state index is 9.98. The fourth-order valence-electron chi connectivity index (χ4n) is 1.70. The summed E-state index contributed by atoms with van der Waals surface area (Å²) in [7, 11) is 0. The van der Waals surface area contributed by atoms with E-state index in [9.17, 15) is 5.11 Å². The van der Waals surface area contributed by atoms with E-state index in [0.717, 1.165) is 11.3 Å². The minimum Gasteiger partial charge on any atom is -0.388 e. The highest BCUT2D eigenvalue weighted by Crippen LogP contribution is 2.22. The molecule has 0 aliphatic carbocycles. The number of nitrogens with two attached hydrogens (primary N) is 1. The van der Waals surface area contributed by atoms with Gasteiger partial charge in [0.15, 0.2) is 0 Å². The Labute approximate surface area is 94.3 Å². The summed E-state index contributed by atoms with van der Waals surface area (Å²) in [4.78, 5) is 0. The summed E-state index contributed by atoms with van der Waals surface area (Å²) in [5, 5.41) is 14.1. The van der Waals surface area contributed by atoms with Gasteiger partial charge in [0.25, 0.3) is 0 Å². The number of para-hydroxylation sites is 1. The number of aliphatic hydroxyl groups is 1. The zero-order valence-corrected chi connectivity index (χ0v) is 8.95. The molecule has 0 aliphatic rings. The van der Waals surface area contributed by atoms with Crippen LogP contribution < -0.4 is 5.73 Å². The van der Waals surface area contributed by atoms with E-state index in [4.69, 9.17) is 5.73 Å². The molecule has 0 saturated heterocycles. The molecule has 0 aliphatic heterocycles. The third kappa shape index (κ3) is 2.13. The van der Waals surface area contributed by atoms with Gasteiger partial charge in [-0.2, -0.15) is 5.10 Å². The average molecular weight is 217 g/mol. The van der Waals surface area contributed by atoms with Gasteiger partial charge in [0.2, 0.25) is 0 Å². The molecule has 0 saturated carbocycles. The molecule has 4 nitrogen and oxygen atoms in total. The largest absolute Gasteiger partial charge is 0.388 e. The van der Waals surface area contributed by atoms with Crippen molar-refractivity contribution in [2.75, 3.05) is 6.54 Å². The van der Waals surface area contributed by atoms with Crippen molar-refractivity contribution in [3.8, 4) is 5.69 Å². The van der Waals surface area contributed by atoms with Crippen molar-refractivity contribution in [3.05, 3.63) is 48.3 Å². The first-order valence-electron chi connectivity index (χ1n) is 5.30. The molecule has 0 fully saturated rings. The summed E-state index contributed by atoms with van der Waals surface area (Å²) in [5.74, 6) is 0. The van der Waals surface area contributed by atoms with Gasteiger partial charge in [-0.25, -0.2) is 4.68 Å². The second-order valence-electron chi connectivity index (χ2n) is 3.60. The minimum atomic E-state index is -0.537. The highest BCUT2D eigenvalue weighted by Gasteiger charge is 2.12. The lowest BCUT2D eigenvalue weighted by molar-refractivity contribution is 0.170. The van der Waals surface area contributed by atoms with Crippen molar-refractivity contribution in [1.29, 1.82) is 0 Å². The first-order chi connectivity index (χ1) is 7.83. The van der Waals surface area contributed by atoms with Crippen LogP contribution in [0.2, 0.25) is 0 Å². The Bertz CT molecular complexity index is 439. The van der Waals surface area contributed by atoms with Gasteiger partial charge in [-0.3, -0.25) is 0 Å². The van der Waals surface area contributed by atoms with Gasteiger partial charge in [0, 0.05) is 18.0 Å². The molecule has 2 rings (SSSR count). The molecule has 2 aromatic rings. The first kappa shape index (κ1) is 10.9. The quantitative estimate of drug-likeness (QED) is 0.810. The molecule has 1 aromatic heterocycles. The molecule has 0 bridgehead atoms. The van der Waals surface area contributed by atoms with E-state index in [-0.39, 0.29) is 0 Å². The molecule has 1 aromatic carbocycles. The Morgan fingerprint density at radius 2 is 2.12 bits per heavy atom. The zero-order chi connectivity index (χ0) is 11.4. The second kappa shape index (κ2) is 4.92. The van der Waals surface area contributed by atoms with Crippen molar-refractivity contribution < 1.29 is 5.11 Å². The Hall–Kier alpha value is -1.65. The average Bonchev–Trinajstić information content (AvgIpc) is 2.83. The molecule has 0 amide bonds. The van der Waals surface area contributed by atoms with Gasteiger partial charge in [-0.05, 0) is 25.1 Å². The lowest BCUT2D eigenvalue weighted by Crippen LogP contribution is -2.10. The number of rotatable bonds is 4. The second-order valence-corrected chi connectivity index (χ2v) is 3.60. The van der Waals surface area contributed by atoms with E-state index in [1.54, 1.807) is 10.9 Å². The van der Waals surface area contributed by atoms with Crippen molar-refractivity contribution in [1.82, 2.24) is 9.78 Å². The Morgan fingerprint density at radius 3 is 2.81 bits per heavy atom. The van der Waals surface area contributed by atoms with Crippen LogP contribution in [0.3, 0.4) is 0 Å². The number of aromatic nitrogens is 2. The molecule has 4 heteroatoms. The summed E-state index contributed by atoms with van der Waals surface area (Å²) in [6.07, 6.45) is 3.59. The van der Waals surface area contributed by atoms with Crippen LogP contribution in [0.1, 0.15) is 18.1 Å². The van der Waals surface area contributed by atoms with E-state index >= 15 is 0 Å². The number of nitrogens with zero attached hydrogens (tertiary/aromatic N) is 2. The number of aliphatic hydroxyl groups excluding tert-OH is 1. The van der Waals surface area contributed by atoms with Gasteiger partial charge in [-0.15, -0.1) is 0 Å². The predicted octanol–water partition coefficient (Wildman–Crippen LogP) is 1.25. The standard InChI is InChI=1S/C12H15N3O/c13-7-6-12(16)10-4-1-2-5-11(10)15-9-3-8-14-15/h1-5,8-9,12,16H,6-7,13H2. The molecule has 0 spiro atoms. The predicted molar refractivity (Wildman–Crippen MR) is 62.2 cm³/mol. The van der Waals surface area contributed by atoms with Gasteiger partial charge in [-0.1, -0.05) is 18.2 Å². The van der Waals surface area contributed by atoms with Crippen molar-refractivity contribution in [3.63, 3.8) is 0 Å². The van der Waals surface area contributed by atoms with E-state index in [1.807, 2.05) is 36.5 Å². The molecule has 0 radical (unpaired) electrons. The summed E-state index contributed by atoms with van der Waals surface area (Å²) in [5.41, 5.74) is 7.21. The lowest BCUT2D eigenvalue weighted by atomic mass is 10.0. The molecule has 16 heavy (non-hydrogen) atoms. The molecule has 84 valence electrons. The normalized spacial score (nSPS) is 12.6. The monoisotopic (exact) mass is 217 g/mol. The Kier molecular flexibility index (Phi) is 3.34.